The van der Waals surface area contributed by atoms with Gasteiger partial charge in [0.2, 0.25) is 5.88 Å². The molecule has 0 aliphatic carbocycles. The predicted octanol–water partition coefficient (Wildman–Crippen LogP) is 1.96. The number of carbonyl (C=O) groups excluding carboxylic acids is 1. The molecule has 0 saturated carbocycles. The average molecular weight is 284 g/mol. The monoisotopic (exact) mass is 284 g/mol. The van der Waals surface area contributed by atoms with Crippen LogP contribution in [0.25, 0.3) is 0 Å². The van der Waals surface area contributed by atoms with Gasteiger partial charge in [0.25, 0.3) is 5.91 Å². The molecule has 0 radical (unpaired) electrons. The molecule has 0 unspecified atom stereocenters. The molecule has 5 heteroatoms. The van der Waals surface area contributed by atoms with E-state index in [0.717, 1.165) is 5.56 Å². The first-order chi connectivity index (χ1) is 10.3. The Labute approximate surface area is 122 Å². The van der Waals surface area contributed by atoms with E-state index in [0.29, 0.717) is 18.1 Å². The number of benzene rings is 1. The van der Waals surface area contributed by atoms with Gasteiger partial charge in [-0.1, -0.05) is 30.3 Å². The Balaban J connectivity index is 1.64. The summed E-state index contributed by atoms with van der Waals surface area (Å²) in [6.07, 6.45) is 1.42. The molecule has 1 saturated heterocycles. The van der Waals surface area contributed by atoms with E-state index in [1.807, 2.05) is 30.3 Å². The number of methoxy groups -OCH3 is 1. The summed E-state index contributed by atoms with van der Waals surface area (Å²) in [7, 11) is 1.54. The molecule has 1 aliphatic heterocycles. The van der Waals surface area contributed by atoms with Gasteiger partial charge >= 0.3 is 0 Å². The van der Waals surface area contributed by atoms with E-state index in [1.165, 1.54) is 13.3 Å². The fourth-order valence-corrected chi connectivity index (χ4v) is 2.26. The average Bonchev–Trinajstić information content (AvgIpc) is 2.52. The molecule has 5 nitrogen and oxygen atoms in total. The van der Waals surface area contributed by atoms with Crippen LogP contribution in [0.5, 0.6) is 5.88 Å². The van der Waals surface area contributed by atoms with Gasteiger partial charge in [0.15, 0.2) is 0 Å². The highest BCUT2D eigenvalue weighted by molar-refractivity contribution is 5.94. The predicted molar refractivity (Wildman–Crippen MR) is 77.2 cm³/mol. The number of aromatic nitrogens is 1. The summed E-state index contributed by atoms with van der Waals surface area (Å²) in [6.45, 7) is 0.523. The standard InChI is InChI=1S/C16H16N2O3/c1-20-14-8-7-12(9-17-14)16(19)18-13-10-21-15(13)11-5-3-2-4-6-11/h2-9,13,15H,10H2,1H3,(H,18,19)/t13-,15+/m1/s1. The summed E-state index contributed by atoms with van der Waals surface area (Å²) < 4.78 is 10.5. The van der Waals surface area contributed by atoms with Crippen molar-refractivity contribution in [3.8, 4) is 5.88 Å². The number of amides is 1. The molecule has 1 fully saturated rings. The van der Waals surface area contributed by atoms with E-state index in [9.17, 15) is 4.79 Å². The fraction of sp³-hybridized carbons (Fsp3) is 0.250. The molecule has 1 aliphatic rings. The van der Waals surface area contributed by atoms with E-state index in [1.54, 1.807) is 12.1 Å². The smallest absolute Gasteiger partial charge is 0.253 e. The SMILES string of the molecule is COc1ccc(C(=O)N[C@@H]2CO[C@H]2c2ccccc2)cn1. The number of rotatable bonds is 4. The first-order valence-corrected chi connectivity index (χ1v) is 6.75. The summed E-state index contributed by atoms with van der Waals surface area (Å²) in [4.78, 5) is 16.2. The molecule has 2 atom stereocenters. The number of carbonyl (C=O) groups is 1. The molecule has 1 N–H and O–H groups in total. The van der Waals surface area contributed by atoms with Gasteiger partial charge in [0.05, 0.1) is 25.3 Å². The Morgan fingerprint density at radius 1 is 1.29 bits per heavy atom. The molecule has 108 valence electrons. The molecule has 2 heterocycles. The quantitative estimate of drug-likeness (QED) is 0.932. The molecule has 1 aromatic heterocycles. The lowest BCUT2D eigenvalue weighted by atomic mass is 9.98. The third-order valence-electron chi connectivity index (χ3n) is 3.47. The Morgan fingerprint density at radius 2 is 2.10 bits per heavy atom. The molecule has 0 bridgehead atoms. The van der Waals surface area contributed by atoms with Crippen molar-refractivity contribution in [2.24, 2.45) is 0 Å². The maximum Gasteiger partial charge on any atom is 0.253 e. The van der Waals surface area contributed by atoms with Crippen LogP contribution in [0.4, 0.5) is 0 Å². The molecular formula is C16H16N2O3. The minimum atomic E-state index is -0.153. The zero-order chi connectivity index (χ0) is 14.7. The van der Waals surface area contributed by atoms with Gasteiger partial charge in [0.1, 0.15) is 6.10 Å². The minimum Gasteiger partial charge on any atom is -0.481 e. The first kappa shape index (κ1) is 13.6. The lowest BCUT2D eigenvalue weighted by Crippen LogP contribution is -2.50. The van der Waals surface area contributed by atoms with Crippen molar-refractivity contribution < 1.29 is 14.3 Å². The van der Waals surface area contributed by atoms with Gasteiger partial charge in [0, 0.05) is 12.3 Å². The summed E-state index contributed by atoms with van der Waals surface area (Å²) in [5, 5.41) is 2.97. The highest BCUT2D eigenvalue weighted by atomic mass is 16.5. The second-order valence-corrected chi connectivity index (χ2v) is 4.83. The van der Waals surface area contributed by atoms with Crippen LogP contribution in [0.2, 0.25) is 0 Å². The molecule has 21 heavy (non-hydrogen) atoms. The summed E-state index contributed by atoms with van der Waals surface area (Å²) in [5.41, 5.74) is 1.58. The normalized spacial score (nSPS) is 20.4. The van der Waals surface area contributed by atoms with Crippen LogP contribution in [0.1, 0.15) is 22.0 Å². The topological polar surface area (TPSA) is 60.5 Å². The number of nitrogens with zero attached hydrogens (tertiary/aromatic N) is 1. The van der Waals surface area contributed by atoms with E-state index in [2.05, 4.69) is 10.3 Å². The highest BCUT2D eigenvalue weighted by Crippen LogP contribution is 2.29. The van der Waals surface area contributed by atoms with Crippen molar-refractivity contribution in [1.82, 2.24) is 10.3 Å². The van der Waals surface area contributed by atoms with E-state index >= 15 is 0 Å². The molecule has 0 spiro atoms. The highest BCUT2D eigenvalue weighted by Gasteiger charge is 2.34. The third kappa shape index (κ3) is 2.87. The summed E-state index contributed by atoms with van der Waals surface area (Å²) >= 11 is 0. The van der Waals surface area contributed by atoms with Gasteiger partial charge in [-0.05, 0) is 11.6 Å². The van der Waals surface area contributed by atoms with Crippen LogP contribution < -0.4 is 10.1 Å². The van der Waals surface area contributed by atoms with Gasteiger partial charge in [-0.2, -0.15) is 0 Å². The van der Waals surface area contributed by atoms with Crippen molar-refractivity contribution in [3.63, 3.8) is 0 Å². The molecular weight excluding hydrogens is 268 g/mol. The lowest BCUT2D eigenvalue weighted by molar-refractivity contribution is -0.0860. The number of hydrogen-bond acceptors (Lipinski definition) is 4. The van der Waals surface area contributed by atoms with E-state index in [-0.39, 0.29) is 18.1 Å². The van der Waals surface area contributed by atoms with Crippen LogP contribution in [-0.2, 0) is 4.74 Å². The van der Waals surface area contributed by atoms with Crippen molar-refractivity contribution in [2.75, 3.05) is 13.7 Å². The van der Waals surface area contributed by atoms with Gasteiger partial charge in [-0.25, -0.2) is 4.98 Å². The fourth-order valence-electron chi connectivity index (χ4n) is 2.26. The molecule has 1 aromatic carbocycles. The number of ether oxygens (including phenoxy) is 2. The summed E-state index contributed by atoms with van der Waals surface area (Å²) in [6, 6.07) is 13.2. The Kier molecular flexibility index (Phi) is 3.83. The zero-order valence-corrected chi connectivity index (χ0v) is 11.7. The minimum absolute atomic E-state index is 0.0120. The molecule has 3 rings (SSSR count). The largest absolute Gasteiger partial charge is 0.481 e. The second kappa shape index (κ2) is 5.93. The van der Waals surface area contributed by atoms with E-state index in [4.69, 9.17) is 9.47 Å². The van der Waals surface area contributed by atoms with Crippen molar-refractivity contribution >= 4 is 5.91 Å². The first-order valence-electron chi connectivity index (χ1n) is 6.75. The van der Waals surface area contributed by atoms with Crippen molar-refractivity contribution in [3.05, 3.63) is 59.8 Å². The maximum atomic E-state index is 12.2. The maximum absolute atomic E-state index is 12.2. The Bertz CT molecular complexity index is 613. The summed E-state index contributed by atoms with van der Waals surface area (Å²) in [5.74, 6) is 0.333. The van der Waals surface area contributed by atoms with Gasteiger partial charge in [-0.3, -0.25) is 4.79 Å². The van der Waals surface area contributed by atoms with Gasteiger partial charge in [-0.15, -0.1) is 0 Å². The second-order valence-electron chi connectivity index (χ2n) is 4.83. The van der Waals surface area contributed by atoms with Crippen molar-refractivity contribution in [2.45, 2.75) is 12.1 Å². The van der Waals surface area contributed by atoms with Crippen LogP contribution in [0.15, 0.2) is 48.7 Å². The number of nitrogens with one attached hydrogen (secondary N) is 1. The Morgan fingerprint density at radius 3 is 2.67 bits per heavy atom. The third-order valence-corrected chi connectivity index (χ3v) is 3.47. The lowest BCUT2D eigenvalue weighted by Gasteiger charge is -2.37. The number of hydrogen-bond donors (Lipinski definition) is 1. The van der Waals surface area contributed by atoms with Crippen LogP contribution >= 0.6 is 0 Å². The van der Waals surface area contributed by atoms with Gasteiger partial charge < -0.3 is 14.8 Å². The molecule has 2 aromatic rings. The van der Waals surface area contributed by atoms with Crippen LogP contribution in [0.3, 0.4) is 0 Å². The van der Waals surface area contributed by atoms with Crippen LogP contribution in [0, 0.1) is 0 Å². The molecule has 1 amide bonds. The number of pyridine rings is 1. The van der Waals surface area contributed by atoms with Crippen molar-refractivity contribution in [1.29, 1.82) is 0 Å². The zero-order valence-electron chi connectivity index (χ0n) is 11.7. The van der Waals surface area contributed by atoms with Crippen LogP contribution in [-0.4, -0.2) is 30.6 Å². The Hall–Kier alpha value is -2.40. The van der Waals surface area contributed by atoms with E-state index < -0.39 is 0 Å².